The fourth-order valence-corrected chi connectivity index (χ4v) is 9.11. The van der Waals surface area contributed by atoms with Gasteiger partial charge in [-0.3, -0.25) is 0 Å². The molecular weight excluding hydrogens is 573 g/mol. The van der Waals surface area contributed by atoms with Gasteiger partial charge in [0.25, 0.3) is 0 Å². The normalized spacial score (nSPS) is 14.0. The van der Waals surface area contributed by atoms with Gasteiger partial charge in [-0.2, -0.15) is 0 Å². The van der Waals surface area contributed by atoms with E-state index in [1.54, 1.807) is 0 Å². The molecule has 0 saturated carbocycles. The molecule has 9 rings (SSSR count). The highest BCUT2D eigenvalue weighted by Gasteiger charge is 2.35. The lowest BCUT2D eigenvalue weighted by molar-refractivity contribution is 0.657. The molecule has 0 N–H and O–H groups in total. The number of hydrogen-bond acceptors (Lipinski definition) is 1. The van der Waals surface area contributed by atoms with E-state index in [0.29, 0.717) is 0 Å². The first-order valence-corrected chi connectivity index (χ1v) is 17.1. The molecule has 220 valence electrons. The summed E-state index contributed by atoms with van der Waals surface area (Å²) in [6.45, 7) is 4.77. The SMILES string of the molecule is CC1(C)c2ccccc2-c2ccc(C(Cc3ccc(-c4ccccc4)c4ccccc34)c3ccc4c(c3)sc3ccccc34)cc21. The van der Waals surface area contributed by atoms with Gasteiger partial charge in [-0.15, -0.1) is 11.3 Å². The molecule has 1 aliphatic carbocycles. The van der Waals surface area contributed by atoms with E-state index in [-0.39, 0.29) is 11.3 Å². The second-order valence-corrected chi connectivity index (χ2v) is 14.4. The lowest BCUT2D eigenvalue weighted by Crippen LogP contribution is -2.16. The van der Waals surface area contributed by atoms with Crippen molar-refractivity contribution in [2.75, 3.05) is 0 Å². The molecule has 1 heterocycles. The van der Waals surface area contributed by atoms with Gasteiger partial charge in [-0.1, -0.05) is 153 Å². The zero-order valence-corrected chi connectivity index (χ0v) is 26.9. The number of fused-ring (bicyclic) bond motifs is 7. The van der Waals surface area contributed by atoms with Crippen LogP contribution in [0.2, 0.25) is 0 Å². The quantitative estimate of drug-likeness (QED) is 0.183. The first kappa shape index (κ1) is 27.3. The van der Waals surface area contributed by atoms with Gasteiger partial charge >= 0.3 is 0 Å². The predicted molar refractivity (Wildman–Crippen MR) is 198 cm³/mol. The van der Waals surface area contributed by atoms with Crippen LogP contribution in [-0.2, 0) is 11.8 Å². The van der Waals surface area contributed by atoms with Crippen molar-refractivity contribution in [1.29, 1.82) is 0 Å². The van der Waals surface area contributed by atoms with Crippen molar-refractivity contribution >= 4 is 42.3 Å². The summed E-state index contributed by atoms with van der Waals surface area (Å²) in [6, 6.07) is 56.7. The van der Waals surface area contributed by atoms with E-state index < -0.39 is 0 Å². The van der Waals surface area contributed by atoms with Crippen LogP contribution < -0.4 is 0 Å². The fraction of sp³-hybridized carbons (Fsp3) is 0.111. The third-order valence-corrected chi connectivity index (χ3v) is 11.5. The maximum absolute atomic E-state index is 2.52. The second kappa shape index (κ2) is 10.5. The largest absolute Gasteiger partial charge is 0.135 e. The maximum atomic E-state index is 2.52. The van der Waals surface area contributed by atoms with Crippen LogP contribution in [-0.4, -0.2) is 0 Å². The molecule has 1 unspecified atom stereocenters. The van der Waals surface area contributed by atoms with Crippen molar-refractivity contribution in [1.82, 2.24) is 0 Å². The van der Waals surface area contributed by atoms with Crippen molar-refractivity contribution in [2.45, 2.75) is 31.6 Å². The summed E-state index contributed by atoms with van der Waals surface area (Å²) >= 11 is 1.91. The van der Waals surface area contributed by atoms with E-state index in [0.717, 1.165) is 6.42 Å². The molecule has 1 aromatic heterocycles. The van der Waals surface area contributed by atoms with Crippen LogP contribution >= 0.6 is 11.3 Å². The van der Waals surface area contributed by atoms with Crippen LogP contribution in [0.5, 0.6) is 0 Å². The summed E-state index contributed by atoms with van der Waals surface area (Å²) in [5, 5.41) is 5.36. The Hall–Kier alpha value is -4.98. The topological polar surface area (TPSA) is 0 Å². The number of hydrogen-bond donors (Lipinski definition) is 0. The molecule has 0 radical (unpaired) electrons. The zero-order chi connectivity index (χ0) is 30.8. The molecule has 7 aromatic carbocycles. The molecule has 0 nitrogen and oxygen atoms in total. The summed E-state index contributed by atoms with van der Waals surface area (Å²) < 4.78 is 2.72. The van der Waals surface area contributed by atoms with Gasteiger partial charge in [-0.25, -0.2) is 0 Å². The average molecular weight is 607 g/mol. The van der Waals surface area contributed by atoms with Crippen LogP contribution in [0.15, 0.2) is 152 Å². The Bertz CT molecular complexity index is 2420. The first-order chi connectivity index (χ1) is 22.6. The van der Waals surface area contributed by atoms with Crippen LogP contribution in [0.1, 0.15) is 47.6 Å². The van der Waals surface area contributed by atoms with E-state index in [1.165, 1.54) is 81.0 Å². The van der Waals surface area contributed by atoms with Gasteiger partial charge in [0.2, 0.25) is 0 Å². The van der Waals surface area contributed by atoms with E-state index in [9.17, 15) is 0 Å². The van der Waals surface area contributed by atoms with E-state index in [1.807, 2.05) is 11.3 Å². The van der Waals surface area contributed by atoms with Crippen molar-refractivity contribution < 1.29 is 0 Å². The summed E-state index contributed by atoms with van der Waals surface area (Å²) in [5.41, 5.74) is 12.3. The molecule has 8 aromatic rings. The zero-order valence-electron chi connectivity index (χ0n) is 26.1. The Morgan fingerprint density at radius 2 is 1.11 bits per heavy atom. The number of thiophene rings is 1. The van der Waals surface area contributed by atoms with Crippen molar-refractivity contribution in [3.8, 4) is 22.3 Å². The third kappa shape index (κ3) is 4.26. The van der Waals surface area contributed by atoms with E-state index in [2.05, 4.69) is 166 Å². The fourth-order valence-electron chi connectivity index (χ4n) is 7.95. The molecular formula is C45H34S. The summed E-state index contributed by atoms with van der Waals surface area (Å²) in [6.07, 6.45) is 0.929. The van der Waals surface area contributed by atoms with Gasteiger partial charge in [-0.05, 0) is 79.4 Å². The maximum Gasteiger partial charge on any atom is 0.0358 e. The van der Waals surface area contributed by atoms with Crippen molar-refractivity contribution in [3.05, 3.63) is 179 Å². The van der Waals surface area contributed by atoms with Crippen LogP contribution in [0.4, 0.5) is 0 Å². The van der Waals surface area contributed by atoms with Gasteiger partial charge < -0.3 is 0 Å². The predicted octanol–water partition coefficient (Wildman–Crippen LogP) is 12.6. The van der Waals surface area contributed by atoms with E-state index in [4.69, 9.17) is 0 Å². The van der Waals surface area contributed by atoms with Gasteiger partial charge in [0.1, 0.15) is 0 Å². The lowest BCUT2D eigenvalue weighted by atomic mass is 9.79. The highest BCUT2D eigenvalue weighted by Crippen LogP contribution is 2.50. The minimum absolute atomic E-state index is 0.0358. The minimum Gasteiger partial charge on any atom is -0.135 e. The second-order valence-electron chi connectivity index (χ2n) is 13.3. The standard InChI is InChI=1S/C45H34S/c1-45(2)41-18-10-8-16-36(41)37-24-21-31(27-42(37)45)40(32-22-25-39-38-17-9-11-19-43(38)46-44(39)28-32)26-30-20-23-34(29-12-4-3-5-13-29)35-15-7-6-14-33(30)35/h3-25,27-28,40H,26H2,1-2H3. The molecule has 0 amide bonds. The number of benzene rings is 7. The van der Waals surface area contributed by atoms with E-state index >= 15 is 0 Å². The molecule has 0 aliphatic heterocycles. The highest BCUT2D eigenvalue weighted by molar-refractivity contribution is 7.25. The minimum atomic E-state index is -0.0358. The Balaban J connectivity index is 1.22. The monoisotopic (exact) mass is 606 g/mol. The molecule has 0 bridgehead atoms. The average Bonchev–Trinajstić information content (AvgIpc) is 3.59. The van der Waals surface area contributed by atoms with Gasteiger partial charge in [0.05, 0.1) is 0 Å². The Labute approximate surface area is 274 Å². The molecule has 1 aliphatic rings. The molecule has 1 heteroatoms. The summed E-state index contributed by atoms with van der Waals surface area (Å²) in [4.78, 5) is 0. The molecule has 0 fully saturated rings. The lowest BCUT2D eigenvalue weighted by Gasteiger charge is -2.25. The van der Waals surface area contributed by atoms with Crippen LogP contribution in [0.25, 0.3) is 53.2 Å². The number of rotatable bonds is 5. The molecule has 1 atom stereocenters. The molecule has 0 saturated heterocycles. The van der Waals surface area contributed by atoms with Crippen LogP contribution in [0.3, 0.4) is 0 Å². The molecule has 46 heavy (non-hydrogen) atoms. The Kier molecular flexibility index (Phi) is 6.27. The van der Waals surface area contributed by atoms with Crippen molar-refractivity contribution in [3.63, 3.8) is 0 Å². The summed E-state index contributed by atoms with van der Waals surface area (Å²) in [7, 11) is 0. The van der Waals surface area contributed by atoms with Gasteiger partial charge in [0.15, 0.2) is 0 Å². The Morgan fingerprint density at radius 1 is 0.478 bits per heavy atom. The highest BCUT2D eigenvalue weighted by atomic mass is 32.1. The molecule has 0 spiro atoms. The van der Waals surface area contributed by atoms with Crippen LogP contribution in [0, 0.1) is 0 Å². The van der Waals surface area contributed by atoms with Crippen molar-refractivity contribution in [2.24, 2.45) is 0 Å². The Morgan fingerprint density at radius 3 is 1.98 bits per heavy atom. The summed E-state index contributed by atoms with van der Waals surface area (Å²) in [5.74, 6) is 0.213. The smallest absolute Gasteiger partial charge is 0.0358 e. The third-order valence-electron chi connectivity index (χ3n) is 10.3. The van der Waals surface area contributed by atoms with Gasteiger partial charge in [0, 0.05) is 31.5 Å². The first-order valence-electron chi connectivity index (χ1n) is 16.3.